The summed E-state index contributed by atoms with van der Waals surface area (Å²) in [6, 6.07) is 18.6. The molecule has 1 amide bonds. The van der Waals surface area contributed by atoms with E-state index in [0.29, 0.717) is 34.0 Å². The summed E-state index contributed by atoms with van der Waals surface area (Å²) >= 11 is 3.45. The molecule has 0 aliphatic heterocycles. The van der Waals surface area contributed by atoms with E-state index in [9.17, 15) is 4.79 Å². The van der Waals surface area contributed by atoms with E-state index in [4.69, 9.17) is 9.15 Å². The summed E-state index contributed by atoms with van der Waals surface area (Å²) in [5.41, 5.74) is 4.22. The van der Waals surface area contributed by atoms with Gasteiger partial charge in [0.1, 0.15) is 11.3 Å². The standard InChI is InChI=1S/C22H17BrN2O3/c1-13-5-3-8-17(20(13)27-2)21(26)24-16-9-10-19-18(12-16)25-22(28-19)14-6-4-7-15(23)11-14/h3-12H,1-2H3,(H,24,26). The number of fused-ring (bicyclic) bond motifs is 1. The molecule has 0 aliphatic rings. The lowest BCUT2D eigenvalue weighted by atomic mass is 10.1. The fourth-order valence-corrected chi connectivity index (χ4v) is 3.45. The summed E-state index contributed by atoms with van der Waals surface area (Å²) in [7, 11) is 1.56. The molecule has 1 heterocycles. The van der Waals surface area contributed by atoms with Crippen molar-refractivity contribution in [3.05, 3.63) is 76.3 Å². The summed E-state index contributed by atoms with van der Waals surface area (Å²) in [6.07, 6.45) is 0. The zero-order valence-corrected chi connectivity index (χ0v) is 16.9. The number of para-hydroxylation sites is 1. The van der Waals surface area contributed by atoms with Crippen molar-refractivity contribution in [1.82, 2.24) is 4.98 Å². The number of hydrogen-bond donors (Lipinski definition) is 1. The predicted molar refractivity (Wildman–Crippen MR) is 113 cm³/mol. The van der Waals surface area contributed by atoms with Gasteiger partial charge in [-0.05, 0) is 55.0 Å². The van der Waals surface area contributed by atoms with Crippen molar-refractivity contribution in [1.29, 1.82) is 0 Å². The Bertz CT molecular complexity index is 1180. The van der Waals surface area contributed by atoms with Crippen molar-refractivity contribution in [2.45, 2.75) is 6.92 Å². The number of nitrogens with zero attached hydrogens (tertiary/aromatic N) is 1. The summed E-state index contributed by atoms with van der Waals surface area (Å²) in [4.78, 5) is 17.3. The Labute approximate surface area is 170 Å². The third kappa shape index (κ3) is 3.51. The van der Waals surface area contributed by atoms with E-state index in [1.165, 1.54) is 0 Å². The Hall–Kier alpha value is -3.12. The number of ether oxygens (including phenoxy) is 1. The summed E-state index contributed by atoms with van der Waals surface area (Å²) in [5, 5.41) is 2.90. The van der Waals surface area contributed by atoms with Crippen LogP contribution in [0.4, 0.5) is 5.69 Å². The van der Waals surface area contributed by atoms with Crippen molar-refractivity contribution in [3.63, 3.8) is 0 Å². The lowest BCUT2D eigenvalue weighted by Crippen LogP contribution is -2.13. The van der Waals surface area contributed by atoms with Crippen LogP contribution in [-0.2, 0) is 0 Å². The molecule has 4 rings (SSSR count). The van der Waals surface area contributed by atoms with Crippen LogP contribution in [0.3, 0.4) is 0 Å². The molecule has 0 spiro atoms. The van der Waals surface area contributed by atoms with Gasteiger partial charge in [-0.3, -0.25) is 4.79 Å². The van der Waals surface area contributed by atoms with Gasteiger partial charge in [-0.2, -0.15) is 0 Å². The van der Waals surface area contributed by atoms with Crippen LogP contribution in [0.25, 0.3) is 22.6 Å². The van der Waals surface area contributed by atoms with Crippen LogP contribution in [0.5, 0.6) is 5.75 Å². The lowest BCUT2D eigenvalue weighted by Gasteiger charge is -2.11. The molecular weight excluding hydrogens is 420 g/mol. The summed E-state index contributed by atoms with van der Waals surface area (Å²) in [6.45, 7) is 1.90. The number of halogens is 1. The first-order valence-corrected chi connectivity index (χ1v) is 9.46. The van der Waals surface area contributed by atoms with E-state index < -0.39 is 0 Å². The molecule has 140 valence electrons. The Morgan fingerprint density at radius 1 is 1.11 bits per heavy atom. The van der Waals surface area contributed by atoms with Gasteiger partial charge in [-0.25, -0.2) is 4.98 Å². The SMILES string of the molecule is COc1c(C)cccc1C(=O)Nc1ccc2oc(-c3cccc(Br)c3)nc2c1. The molecule has 0 fully saturated rings. The number of anilines is 1. The number of nitrogens with one attached hydrogen (secondary N) is 1. The second-order valence-electron chi connectivity index (χ2n) is 6.32. The van der Waals surface area contributed by atoms with E-state index in [2.05, 4.69) is 26.2 Å². The van der Waals surface area contributed by atoms with Gasteiger partial charge >= 0.3 is 0 Å². The largest absolute Gasteiger partial charge is 0.496 e. The average molecular weight is 437 g/mol. The molecule has 4 aromatic rings. The first kappa shape index (κ1) is 18.3. The number of hydrogen-bond acceptors (Lipinski definition) is 4. The molecule has 0 radical (unpaired) electrons. The number of carbonyl (C=O) groups is 1. The van der Waals surface area contributed by atoms with Gasteiger partial charge in [0.2, 0.25) is 5.89 Å². The van der Waals surface area contributed by atoms with Crippen molar-refractivity contribution in [2.24, 2.45) is 0 Å². The molecule has 3 aromatic carbocycles. The molecule has 5 nitrogen and oxygen atoms in total. The molecule has 0 saturated carbocycles. The number of aromatic nitrogens is 1. The molecule has 6 heteroatoms. The van der Waals surface area contributed by atoms with Crippen LogP contribution in [0.2, 0.25) is 0 Å². The third-order valence-corrected chi connectivity index (χ3v) is 4.87. The quantitative estimate of drug-likeness (QED) is 0.437. The second kappa shape index (κ2) is 7.48. The maximum absolute atomic E-state index is 12.7. The first-order valence-electron chi connectivity index (χ1n) is 8.66. The van der Waals surface area contributed by atoms with E-state index in [1.54, 1.807) is 31.4 Å². The van der Waals surface area contributed by atoms with Crippen LogP contribution >= 0.6 is 15.9 Å². The number of methoxy groups -OCH3 is 1. The Balaban J connectivity index is 1.63. The van der Waals surface area contributed by atoms with Gasteiger partial charge in [0.15, 0.2) is 5.58 Å². The maximum atomic E-state index is 12.7. The highest BCUT2D eigenvalue weighted by Crippen LogP contribution is 2.29. The Morgan fingerprint density at radius 2 is 1.93 bits per heavy atom. The smallest absolute Gasteiger partial charge is 0.259 e. The summed E-state index contributed by atoms with van der Waals surface area (Å²) in [5.74, 6) is 0.857. The van der Waals surface area contributed by atoms with Crippen LogP contribution in [0.15, 0.2) is 69.6 Å². The van der Waals surface area contributed by atoms with E-state index in [0.717, 1.165) is 15.6 Å². The number of aryl methyl sites for hydroxylation is 1. The summed E-state index contributed by atoms with van der Waals surface area (Å²) < 4.78 is 12.2. The highest BCUT2D eigenvalue weighted by atomic mass is 79.9. The number of rotatable bonds is 4. The fraction of sp³-hybridized carbons (Fsp3) is 0.0909. The predicted octanol–water partition coefficient (Wildman–Crippen LogP) is 5.83. The van der Waals surface area contributed by atoms with Crippen molar-refractivity contribution in [2.75, 3.05) is 12.4 Å². The van der Waals surface area contributed by atoms with Gasteiger partial charge in [0.25, 0.3) is 5.91 Å². The zero-order valence-electron chi connectivity index (χ0n) is 15.3. The lowest BCUT2D eigenvalue weighted by molar-refractivity contribution is 0.102. The number of carbonyl (C=O) groups excluding carboxylic acids is 1. The molecule has 1 aromatic heterocycles. The maximum Gasteiger partial charge on any atom is 0.259 e. The highest BCUT2D eigenvalue weighted by molar-refractivity contribution is 9.10. The van der Waals surface area contributed by atoms with Crippen LogP contribution < -0.4 is 10.1 Å². The molecule has 0 saturated heterocycles. The first-order chi connectivity index (χ1) is 13.5. The van der Waals surface area contributed by atoms with E-state index in [1.807, 2.05) is 43.3 Å². The Kier molecular flexibility index (Phi) is 4.88. The molecule has 0 aliphatic carbocycles. The Morgan fingerprint density at radius 3 is 2.71 bits per heavy atom. The molecule has 0 unspecified atom stereocenters. The molecular formula is C22H17BrN2O3. The van der Waals surface area contributed by atoms with E-state index >= 15 is 0 Å². The van der Waals surface area contributed by atoms with E-state index in [-0.39, 0.29) is 5.91 Å². The molecule has 0 bridgehead atoms. The monoisotopic (exact) mass is 436 g/mol. The third-order valence-electron chi connectivity index (χ3n) is 4.38. The minimum atomic E-state index is -0.240. The van der Waals surface area contributed by atoms with Gasteiger partial charge < -0.3 is 14.5 Å². The minimum Gasteiger partial charge on any atom is -0.496 e. The molecule has 0 atom stereocenters. The van der Waals surface area contributed by atoms with Crippen molar-refractivity contribution >= 4 is 38.6 Å². The highest BCUT2D eigenvalue weighted by Gasteiger charge is 2.15. The van der Waals surface area contributed by atoms with Crippen LogP contribution in [-0.4, -0.2) is 18.0 Å². The van der Waals surface area contributed by atoms with Crippen LogP contribution in [0, 0.1) is 6.92 Å². The van der Waals surface area contributed by atoms with Gasteiger partial charge in [-0.1, -0.05) is 34.1 Å². The average Bonchev–Trinajstić information content (AvgIpc) is 3.11. The van der Waals surface area contributed by atoms with Gasteiger partial charge in [-0.15, -0.1) is 0 Å². The number of benzene rings is 3. The van der Waals surface area contributed by atoms with Crippen molar-refractivity contribution in [3.8, 4) is 17.2 Å². The van der Waals surface area contributed by atoms with Crippen LogP contribution in [0.1, 0.15) is 15.9 Å². The second-order valence-corrected chi connectivity index (χ2v) is 7.24. The minimum absolute atomic E-state index is 0.240. The van der Waals surface area contributed by atoms with Crippen molar-refractivity contribution < 1.29 is 13.9 Å². The normalized spacial score (nSPS) is 10.8. The topological polar surface area (TPSA) is 64.4 Å². The fourth-order valence-electron chi connectivity index (χ4n) is 3.05. The molecule has 28 heavy (non-hydrogen) atoms. The van der Waals surface area contributed by atoms with Gasteiger partial charge in [0, 0.05) is 15.7 Å². The van der Waals surface area contributed by atoms with Gasteiger partial charge in [0.05, 0.1) is 12.7 Å². The number of oxazole rings is 1. The zero-order chi connectivity index (χ0) is 19.7. The number of amides is 1. The molecule has 1 N–H and O–H groups in total.